The molecule has 0 saturated heterocycles. The van der Waals surface area contributed by atoms with E-state index < -0.39 is 0 Å². The molecule has 14 heavy (non-hydrogen) atoms. The minimum absolute atomic E-state index is 0.0340. The fraction of sp³-hybridized carbons (Fsp3) is 0.800. The van der Waals surface area contributed by atoms with E-state index in [4.69, 9.17) is 0 Å². The lowest BCUT2D eigenvalue weighted by Crippen LogP contribution is -2.38. The van der Waals surface area contributed by atoms with E-state index in [2.05, 4.69) is 5.32 Å². The van der Waals surface area contributed by atoms with Crippen LogP contribution in [0.5, 0.6) is 0 Å². The first-order valence-corrected chi connectivity index (χ1v) is 4.95. The molecule has 0 atom stereocenters. The highest BCUT2D eigenvalue weighted by atomic mass is 16.2. The molecule has 82 valence electrons. The highest BCUT2D eigenvalue weighted by molar-refractivity contribution is 5.83. The minimum Gasteiger partial charge on any atom is -0.355 e. The summed E-state index contributed by atoms with van der Waals surface area (Å²) in [6.07, 6.45) is 0. The molecule has 1 N–H and O–H groups in total. The highest BCUT2D eigenvalue weighted by Gasteiger charge is 2.12. The topological polar surface area (TPSA) is 49.4 Å². The monoisotopic (exact) mass is 200 g/mol. The molecular weight excluding hydrogens is 180 g/mol. The average molecular weight is 200 g/mol. The Morgan fingerprint density at radius 3 is 2.29 bits per heavy atom. The van der Waals surface area contributed by atoms with Crippen molar-refractivity contribution in [2.45, 2.75) is 20.8 Å². The van der Waals surface area contributed by atoms with E-state index >= 15 is 0 Å². The standard InChI is InChI=1S/C10H20N2O2/c1-5-11-10(14)7-12(4)6-9(13)8(2)3/h8H,5-7H2,1-4H3,(H,11,14). The Kier molecular flexibility index (Phi) is 6.12. The molecule has 0 aliphatic carbocycles. The van der Waals surface area contributed by atoms with Gasteiger partial charge in [-0.1, -0.05) is 13.8 Å². The van der Waals surface area contributed by atoms with Gasteiger partial charge in [0, 0.05) is 12.5 Å². The van der Waals surface area contributed by atoms with Gasteiger partial charge in [-0.05, 0) is 14.0 Å². The van der Waals surface area contributed by atoms with Crippen molar-refractivity contribution in [1.82, 2.24) is 10.2 Å². The van der Waals surface area contributed by atoms with E-state index in [1.54, 1.807) is 11.9 Å². The van der Waals surface area contributed by atoms with E-state index in [1.807, 2.05) is 20.8 Å². The van der Waals surface area contributed by atoms with Crippen LogP contribution in [0.15, 0.2) is 0 Å². The van der Waals surface area contributed by atoms with Crippen LogP contribution < -0.4 is 5.32 Å². The van der Waals surface area contributed by atoms with Crippen LogP contribution in [-0.2, 0) is 9.59 Å². The van der Waals surface area contributed by atoms with Crippen LogP contribution >= 0.6 is 0 Å². The van der Waals surface area contributed by atoms with E-state index in [0.29, 0.717) is 13.1 Å². The molecule has 0 bridgehead atoms. The summed E-state index contributed by atoms with van der Waals surface area (Å²) in [6.45, 7) is 6.85. The second-order valence-corrected chi connectivity index (χ2v) is 3.75. The van der Waals surface area contributed by atoms with Crippen molar-refractivity contribution >= 4 is 11.7 Å². The molecule has 4 nitrogen and oxygen atoms in total. The third-order valence-electron chi connectivity index (χ3n) is 1.86. The number of carbonyl (C=O) groups excluding carboxylic acids is 2. The van der Waals surface area contributed by atoms with Crippen LogP contribution in [0.1, 0.15) is 20.8 Å². The summed E-state index contributed by atoms with van der Waals surface area (Å²) in [5.41, 5.74) is 0. The van der Waals surface area contributed by atoms with Gasteiger partial charge in [0.25, 0.3) is 0 Å². The number of nitrogens with one attached hydrogen (secondary N) is 1. The van der Waals surface area contributed by atoms with Gasteiger partial charge in [0.1, 0.15) is 5.78 Å². The molecule has 0 rings (SSSR count). The van der Waals surface area contributed by atoms with Crippen molar-refractivity contribution in [2.24, 2.45) is 5.92 Å². The molecule has 4 heteroatoms. The molecule has 0 spiro atoms. The predicted octanol–water partition coefficient (Wildman–Crippen LogP) is 0.279. The molecule has 0 heterocycles. The molecule has 0 aliphatic heterocycles. The number of likely N-dealkylation sites (N-methyl/N-ethyl adjacent to an activating group) is 2. The second-order valence-electron chi connectivity index (χ2n) is 3.75. The summed E-state index contributed by atoms with van der Waals surface area (Å²) < 4.78 is 0. The molecule has 0 fully saturated rings. The average Bonchev–Trinajstić information content (AvgIpc) is 2.03. The number of hydrogen-bond acceptors (Lipinski definition) is 3. The second kappa shape index (κ2) is 6.54. The first kappa shape index (κ1) is 13.1. The number of rotatable bonds is 6. The SMILES string of the molecule is CCNC(=O)CN(C)CC(=O)C(C)C. The molecule has 0 aromatic heterocycles. The van der Waals surface area contributed by atoms with Gasteiger partial charge in [-0.2, -0.15) is 0 Å². The minimum atomic E-state index is -0.0356. The first-order valence-electron chi connectivity index (χ1n) is 4.95. The van der Waals surface area contributed by atoms with Gasteiger partial charge < -0.3 is 5.32 Å². The summed E-state index contributed by atoms with van der Waals surface area (Å²) in [4.78, 5) is 24.2. The van der Waals surface area contributed by atoms with E-state index in [-0.39, 0.29) is 24.2 Å². The van der Waals surface area contributed by atoms with Crippen LogP contribution in [0.25, 0.3) is 0 Å². The quantitative estimate of drug-likeness (QED) is 0.670. The summed E-state index contributed by atoms with van der Waals surface area (Å²) >= 11 is 0. The largest absolute Gasteiger partial charge is 0.355 e. The maximum Gasteiger partial charge on any atom is 0.234 e. The van der Waals surface area contributed by atoms with Crippen LogP contribution in [-0.4, -0.2) is 43.3 Å². The molecule has 0 aliphatic rings. The zero-order chi connectivity index (χ0) is 11.1. The number of hydrogen-bond donors (Lipinski definition) is 1. The Labute approximate surface area is 85.7 Å². The maximum absolute atomic E-state index is 11.3. The van der Waals surface area contributed by atoms with Crippen molar-refractivity contribution in [3.8, 4) is 0 Å². The summed E-state index contributed by atoms with van der Waals surface area (Å²) in [7, 11) is 1.77. The van der Waals surface area contributed by atoms with Gasteiger partial charge in [0.05, 0.1) is 13.1 Å². The van der Waals surface area contributed by atoms with Crippen LogP contribution in [0.3, 0.4) is 0 Å². The smallest absolute Gasteiger partial charge is 0.234 e. The fourth-order valence-electron chi connectivity index (χ4n) is 1.00. The summed E-state index contributed by atoms with van der Waals surface area (Å²) in [5.74, 6) is 0.162. The van der Waals surface area contributed by atoms with Crippen LogP contribution in [0, 0.1) is 5.92 Å². The lowest BCUT2D eigenvalue weighted by atomic mass is 10.1. The number of carbonyl (C=O) groups is 2. The van der Waals surface area contributed by atoms with Crippen molar-refractivity contribution < 1.29 is 9.59 Å². The maximum atomic E-state index is 11.3. The third-order valence-corrected chi connectivity index (χ3v) is 1.86. The van der Waals surface area contributed by atoms with Crippen molar-refractivity contribution in [3.63, 3.8) is 0 Å². The van der Waals surface area contributed by atoms with Crippen LogP contribution in [0.4, 0.5) is 0 Å². The first-order chi connectivity index (χ1) is 6.47. The molecular formula is C10H20N2O2. The Hall–Kier alpha value is -0.900. The Morgan fingerprint density at radius 2 is 1.86 bits per heavy atom. The highest BCUT2D eigenvalue weighted by Crippen LogP contribution is 1.95. The third kappa shape index (κ3) is 5.70. The lowest BCUT2D eigenvalue weighted by Gasteiger charge is -2.16. The van der Waals surface area contributed by atoms with Gasteiger partial charge in [0.2, 0.25) is 5.91 Å². The van der Waals surface area contributed by atoms with Gasteiger partial charge in [-0.25, -0.2) is 0 Å². The number of nitrogens with zero attached hydrogens (tertiary/aromatic N) is 1. The number of amides is 1. The van der Waals surface area contributed by atoms with Crippen molar-refractivity contribution in [3.05, 3.63) is 0 Å². The fourth-order valence-corrected chi connectivity index (χ4v) is 1.00. The normalized spacial score (nSPS) is 10.7. The van der Waals surface area contributed by atoms with E-state index in [0.717, 1.165) is 0 Å². The van der Waals surface area contributed by atoms with E-state index in [9.17, 15) is 9.59 Å². The van der Waals surface area contributed by atoms with Gasteiger partial charge >= 0.3 is 0 Å². The summed E-state index contributed by atoms with van der Waals surface area (Å²) in [6, 6.07) is 0. The molecule has 0 radical (unpaired) electrons. The molecule has 1 amide bonds. The molecule has 0 saturated carbocycles. The lowest BCUT2D eigenvalue weighted by molar-refractivity contribution is -0.125. The Balaban J connectivity index is 3.80. The molecule has 0 aromatic rings. The van der Waals surface area contributed by atoms with Gasteiger partial charge in [0.15, 0.2) is 0 Å². The Morgan fingerprint density at radius 1 is 1.29 bits per heavy atom. The van der Waals surface area contributed by atoms with Crippen molar-refractivity contribution in [1.29, 1.82) is 0 Å². The Bertz CT molecular complexity index is 202. The van der Waals surface area contributed by atoms with Gasteiger partial charge in [-0.15, -0.1) is 0 Å². The van der Waals surface area contributed by atoms with Crippen molar-refractivity contribution in [2.75, 3.05) is 26.7 Å². The molecule has 0 unspecified atom stereocenters. The molecule has 0 aromatic carbocycles. The van der Waals surface area contributed by atoms with Crippen LogP contribution in [0.2, 0.25) is 0 Å². The number of Topliss-reactive ketones (excluding diaryl/α,β-unsaturated/α-hetero) is 1. The van der Waals surface area contributed by atoms with E-state index in [1.165, 1.54) is 0 Å². The zero-order valence-electron chi connectivity index (χ0n) is 9.46. The zero-order valence-corrected chi connectivity index (χ0v) is 9.46. The predicted molar refractivity (Wildman–Crippen MR) is 56.0 cm³/mol. The number of ketones is 1. The summed E-state index contributed by atoms with van der Waals surface area (Å²) in [5, 5.41) is 2.69. The van der Waals surface area contributed by atoms with Gasteiger partial charge in [-0.3, -0.25) is 14.5 Å².